The van der Waals surface area contributed by atoms with E-state index in [1.54, 1.807) is 0 Å². The number of hydrogen-bond donors (Lipinski definition) is 2. The summed E-state index contributed by atoms with van der Waals surface area (Å²) in [6.45, 7) is 3.96. The smallest absolute Gasteiger partial charge is 0.218 e. The molecule has 112 valence electrons. The van der Waals surface area contributed by atoms with Gasteiger partial charge in [-0.05, 0) is 36.6 Å². The van der Waals surface area contributed by atoms with Gasteiger partial charge in [-0.1, -0.05) is 42.8 Å². The molecule has 0 spiro atoms. The van der Waals surface area contributed by atoms with Crippen LogP contribution >= 0.6 is 11.6 Å². The maximum Gasteiger partial charge on any atom is 0.218 e. The highest BCUT2D eigenvalue weighted by molar-refractivity contribution is 6.31. The number of rotatable bonds is 3. The van der Waals surface area contributed by atoms with Crippen molar-refractivity contribution in [1.82, 2.24) is 4.98 Å². The summed E-state index contributed by atoms with van der Waals surface area (Å²) in [6, 6.07) is 11.4. The number of hydrogen-bond acceptors (Lipinski definition) is 3. The lowest BCUT2D eigenvalue weighted by Gasteiger charge is -2.00. The van der Waals surface area contributed by atoms with Crippen molar-refractivity contribution in [2.75, 3.05) is 0 Å². The molecule has 0 aliphatic rings. The van der Waals surface area contributed by atoms with Crippen molar-refractivity contribution in [2.24, 2.45) is 10.2 Å². The number of H-pyrrole nitrogens is 1. The molecular weight excluding hydrogens is 298 g/mol. The van der Waals surface area contributed by atoms with Gasteiger partial charge in [-0.3, -0.25) is 0 Å². The molecule has 0 unspecified atom stereocenters. The van der Waals surface area contributed by atoms with Crippen LogP contribution < -0.4 is 0 Å². The highest BCUT2D eigenvalue weighted by Crippen LogP contribution is 2.38. The molecule has 1 heterocycles. The predicted octanol–water partition coefficient (Wildman–Crippen LogP) is 5.81. The largest absolute Gasteiger partial charge is 0.493 e. The highest BCUT2D eigenvalue weighted by Gasteiger charge is 2.12. The van der Waals surface area contributed by atoms with Crippen molar-refractivity contribution < 1.29 is 5.11 Å². The van der Waals surface area contributed by atoms with Gasteiger partial charge in [-0.2, -0.15) is 5.11 Å². The molecule has 3 rings (SSSR count). The summed E-state index contributed by atoms with van der Waals surface area (Å²) in [5.74, 6) is 0.0272. The SMILES string of the molecule is CCc1cccc2c(N=Nc3cccc(Cl)c3C)c(O)[nH]c12. The molecule has 2 N–H and O–H groups in total. The summed E-state index contributed by atoms with van der Waals surface area (Å²) in [5.41, 5.74) is 4.03. The molecule has 22 heavy (non-hydrogen) atoms. The number of nitrogens with zero attached hydrogens (tertiary/aromatic N) is 2. The Balaban J connectivity index is 2.09. The maximum atomic E-state index is 10.1. The number of azo groups is 1. The molecule has 1 aromatic heterocycles. The number of aromatic nitrogens is 1. The summed E-state index contributed by atoms with van der Waals surface area (Å²) in [5, 5.41) is 20.1. The fraction of sp³-hybridized carbons (Fsp3) is 0.176. The maximum absolute atomic E-state index is 10.1. The predicted molar refractivity (Wildman–Crippen MR) is 89.7 cm³/mol. The zero-order chi connectivity index (χ0) is 15.7. The van der Waals surface area contributed by atoms with E-state index in [0.29, 0.717) is 16.4 Å². The molecule has 5 heteroatoms. The van der Waals surface area contributed by atoms with Gasteiger partial charge in [0.25, 0.3) is 0 Å². The average Bonchev–Trinajstić information content (AvgIpc) is 2.84. The number of aromatic amines is 1. The first kappa shape index (κ1) is 14.6. The molecule has 0 saturated carbocycles. The number of fused-ring (bicyclic) bond motifs is 1. The van der Waals surface area contributed by atoms with Crippen LogP contribution in [0.1, 0.15) is 18.1 Å². The summed E-state index contributed by atoms with van der Waals surface area (Å²) >= 11 is 6.08. The normalized spacial score (nSPS) is 11.6. The zero-order valence-corrected chi connectivity index (χ0v) is 13.1. The van der Waals surface area contributed by atoms with E-state index in [4.69, 9.17) is 11.6 Å². The lowest BCUT2D eigenvalue weighted by molar-refractivity contribution is 0.459. The van der Waals surface area contributed by atoms with Crippen molar-refractivity contribution in [2.45, 2.75) is 20.3 Å². The van der Waals surface area contributed by atoms with Gasteiger partial charge in [0.2, 0.25) is 5.88 Å². The quantitative estimate of drug-likeness (QED) is 0.588. The Morgan fingerprint density at radius 3 is 2.68 bits per heavy atom. The van der Waals surface area contributed by atoms with Crippen LogP contribution in [0, 0.1) is 6.92 Å². The fourth-order valence-corrected chi connectivity index (χ4v) is 2.62. The molecule has 0 aliphatic carbocycles. The van der Waals surface area contributed by atoms with Crippen molar-refractivity contribution in [1.29, 1.82) is 0 Å². The Bertz CT molecular complexity index is 868. The van der Waals surface area contributed by atoms with E-state index in [2.05, 4.69) is 22.1 Å². The summed E-state index contributed by atoms with van der Waals surface area (Å²) in [4.78, 5) is 2.98. The van der Waals surface area contributed by atoms with Crippen LogP contribution in [0.2, 0.25) is 5.02 Å². The van der Waals surface area contributed by atoms with Gasteiger partial charge in [0.15, 0.2) is 5.69 Å². The molecule has 0 aliphatic heterocycles. The third-order valence-electron chi connectivity index (χ3n) is 3.75. The first-order chi connectivity index (χ1) is 10.6. The van der Waals surface area contributed by atoms with E-state index in [1.165, 1.54) is 0 Å². The Morgan fingerprint density at radius 1 is 1.14 bits per heavy atom. The second-order valence-electron chi connectivity index (χ2n) is 5.10. The number of halogens is 1. The number of nitrogens with one attached hydrogen (secondary N) is 1. The molecule has 2 aromatic carbocycles. The molecule has 0 radical (unpaired) electrons. The van der Waals surface area contributed by atoms with E-state index >= 15 is 0 Å². The van der Waals surface area contributed by atoms with Gasteiger partial charge in [-0.15, -0.1) is 5.11 Å². The van der Waals surface area contributed by atoms with Crippen molar-refractivity contribution in [3.05, 3.63) is 52.5 Å². The highest BCUT2D eigenvalue weighted by atomic mass is 35.5. The number of benzene rings is 2. The molecule has 4 nitrogen and oxygen atoms in total. The van der Waals surface area contributed by atoms with Crippen LogP contribution in [-0.4, -0.2) is 10.1 Å². The third kappa shape index (κ3) is 2.46. The summed E-state index contributed by atoms with van der Waals surface area (Å²) < 4.78 is 0. The average molecular weight is 314 g/mol. The van der Waals surface area contributed by atoms with Gasteiger partial charge >= 0.3 is 0 Å². The van der Waals surface area contributed by atoms with Crippen LogP contribution in [0.5, 0.6) is 5.88 Å². The van der Waals surface area contributed by atoms with Gasteiger partial charge in [0.05, 0.1) is 11.2 Å². The summed E-state index contributed by atoms with van der Waals surface area (Å²) in [7, 11) is 0. The second-order valence-corrected chi connectivity index (χ2v) is 5.51. The number of aromatic hydroxyl groups is 1. The van der Waals surface area contributed by atoms with Crippen LogP contribution in [0.15, 0.2) is 46.6 Å². The molecule has 0 bridgehead atoms. The number of aryl methyl sites for hydroxylation is 1. The Labute approximate surface area is 133 Å². The van der Waals surface area contributed by atoms with Crippen molar-refractivity contribution in [3.63, 3.8) is 0 Å². The third-order valence-corrected chi connectivity index (χ3v) is 4.16. The molecule has 0 amide bonds. The second kappa shape index (κ2) is 5.81. The van der Waals surface area contributed by atoms with Gasteiger partial charge in [-0.25, -0.2) is 0 Å². The van der Waals surface area contributed by atoms with E-state index in [1.807, 2.05) is 43.3 Å². The van der Waals surface area contributed by atoms with Crippen LogP contribution in [0.4, 0.5) is 11.4 Å². The molecular formula is C17H16ClN3O. The Morgan fingerprint density at radius 2 is 1.91 bits per heavy atom. The monoisotopic (exact) mass is 313 g/mol. The van der Waals surface area contributed by atoms with E-state index < -0.39 is 0 Å². The van der Waals surface area contributed by atoms with Crippen LogP contribution in [0.25, 0.3) is 10.9 Å². The standard InChI is InChI=1S/C17H16ClN3O/c1-3-11-6-4-7-12-15(11)19-17(22)16(12)21-20-14-9-5-8-13(18)10(14)2/h4-9,19,22H,3H2,1-2H3. The van der Waals surface area contributed by atoms with Crippen molar-refractivity contribution in [3.8, 4) is 5.88 Å². The van der Waals surface area contributed by atoms with Crippen LogP contribution in [0.3, 0.4) is 0 Å². The van der Waals surface area contributed by atoms with Gasteiger partial charge < -0.3 is 10.1 Å². The van der Waals surface area contributed by atoms with E-state index in [-0.39, 0.29) is 5.88 Å². The molecule has 0 saturated heterocycles. The lowest BCUT2D eigenvalue weighted by atomic mass is 10.1. The topological polar surface area (TPSA) is 60.7 Å². The fourth-order valence-electron chi connectivity index (χ4n) is 2.45. The lowest BCUT2D eigenvalue weighted by Crippen LogP contribution is -1.80. The Hall–Kier alpha value is -2.33. The van der Waals surface area contributed by atoms with E-state index in [0.717, 1.165) is 28.5 Å². The minimum Gasteiger partial charge on any atom is -0.493 e. The van der Waals surface area contributed by atoms with E-state index in [9.17, 15) is 5.11 Å². The summed E-state index contributed by atoms with van der Waals surface area (Å²) in [6.07, 6.45) is 0.876. The zero-order valence-electron chi connectivity index (χ0n) is 12.4. The van der Waals surface area contributed by atoms with Gasteiger partial charge in [0.1, 0.15) is 0 Å². The molecule has 3 aromatic rings. The van der Waals surface area contributed by atoms with Crippen LogP contribution in [-0.2, 0) is 6.42 Å². The first-order valence-corrected chi connectivity index (χ1v) is 7.49. The first-order valence-electron chi connectivity index (χ1n) is 7.11. The Kier molecular flexibility index (Phi) is 3.86. The number of para-hydroxylation sites is 1. The van der Waals surface area contributed by atoms with Crippen molar-refractivity contribution >= 4 is 33.9 Å². The van der Waals surface area contributed by atoms with Gasteiger partial charge in [0, 0.05) is 10.4 Å². The minimum atomic E-state index is 0.0272. The minimum absolute atomic E-state index is 0.0272. The molecule has 0 fully saturated rings. The molecule has 0 atom stereocenters.